The minimum Gasteiger partial charge on any atom is -0.495 e. The number of carbonyl (C=O) groups is 1. The molecule has 0 saturated carbocycles. The number of benzene rings is 1. The van der Waals surface area contributed by atoms with Gasteiger partial charge in [-0.2, -0.15) is 0 Å². The highest BCUT2D eigenvalue weighted by Crippen LogP contribution is 2.32. The normalized spacial score (nSPS) is 10.2. The third kappa shape index (κ3) is 3.59. The molecule has 5 nitrogen and oxygen atoms in total. The fourth-order valence-electron chi connectivity index (χ4n) is 1.68. The van der Waals surface area contributed by atoms with Crippen molar-refractivity contribution in [1.82, 2.24) is 9.97 Å². The Labute approximate surface area is 125 Å². The van der Waals surface area contributed by atoms with Crippen LogP contribution in [0, 0.1) is 0 Å². The van der Waals surface area contributed by atoms with Gasteiger partial charge < -0.3 is 4.74 Å². The summed E-state index contributed by atoms with van der Waals surface area (Å²) in [5.74, 6) is 0.387. The Morgan fingerprint density at radius 1 is 1.30 bits per heavy atom. The van der Waals surface area contributed by atoms with E-state index in [9.17, 15) is 4.79 Å². The van der Waals surface area contributed by atoms with Gasteiger partial charge in [0.25, 0.3) is 0 Å². The number of nitrogens with one attached hydrogen (secondary N) is 1. The number of hydrogen-bond donors (Lipinski definition) is 1. The van der Waals surface area contributed by atoms with Gasteiger partial charge in [-0.3, -0.25) is 10.1 Å². The molecule has 20 heavy (non-hydrogen) atoms. The Hall–Kier alpha value is -1.85. The SMILES string of the molecule is COc1c(Cl)cc(Cl)cc1CC(=O)Nc1ncccn1. The molecule has 104 valence electrons. The summed E-state index contributed by atoms with van der Waals surface area (Å²) in [6.07, 6.45) is 3.14. The van der Waals surface area contributed by atoms with Crippen LogP contribution >= 0.6 is 23.2 Å². The Kier molecular flexibility index (Phi) is 4.76. The Balaban J connectivity index is 2.15. The van der Waals surface area contributed by atoms with Crippen molar-refractivity contribution in [2.45, 2.75) is 6.42 Å². The Morgan fingerprint density at radius 3 is 2.65 bits per heavy atom. The Bertz CT molecular complexity index is 621. The van der Waals surface area contributed by atoms with E-state index in [1.165, 1.54) is 7.11 Å². The molecule has 0 bridgehead atoms. The predicted molar refractivity (Wildman–Crippen MR) is 77.4 cm³/mol. The van der Waals surface area contributed by atoms with Crippen molar-refractivity contribution in [2.24, 2.45) is 0 Å². The number of ether oxygens (including phenoxy) is 1. The van der Waals surface area contributed by atoms with Gasteiger partial charge in [0.2, 0.25) is 11.9 Å². The smallest absolute Gasteiger partial charge is 0.231 e. The summed E-state index contributed by atoms with van der Waals surface area (Å²) in [7, 11) is 1.48. The van der Waals surface area contributed by atoms with E-state index in [-0.39, 0.29) is 18.3 Å². The molecule has 1 aromatic carbocycles. The van der Waals surface area contributed by atoms with Gasteiger partial charge in [-0.1, -0.05) is 23.2 Å². The summed E-state index contributed by atoms with van der Waals surface area (Å²) < 4.78 is 5.18. The second-order valence-corrected chi connectivity index (χ2v) is 4.72. The fourth-order valence-corrected chi connectivity index (χ4v) is 2.29. The molecule has 1 heterocycles. The number of carbonyl (C=O) groups excluding carboxylic acids is 1. The number of aromatic nitrogens is 2. The van der Waals surface area contributed by atoms with Crippen molar-refractivity contribution in [1.29, 1.82) is 0 Å². The zero-order valence-corrected chi connectivity index (χ0v) is 12.1. The van der Waals surface area contributed by atoms with E-state index < -0.39 is 0 Å². The van der Waals surface area contributed by atoms with Crippen LogP contribution in [0.3, 0.4) is 0 Å². The zero-order valence-electron chi connectivity index (χ0n) is 10.6. The van der Waals surface area contributed by atoms with Gasteiger partial charge in [0.05, 0.1) is 18.6 Å². The van der Waals surface area contributed by atoms with Crippen LogP contribution < -0.4 is 10.1 Å². The number of hydrogen-bond acceptors (Lipinski definition) is 4. The standard InChI is InChI=1S/C13H11Cl2N3O2/c1-20-12-8(5-9(14)7-10(12)15)6-11(19)18-13-16-3-2-4-17-13/h2-5,7H,6H2,1H3,(H,16,17,18,19). The van der Waals surface area contributed by atoms with Crippen molar-refractivity contribution in [3.05, 3.63) is 46.2 Å². The molecule has 2 aromatic rings. The highest BCUT2D eigenvalue weighted by molar-refractivity contribution is 6.35. The first-order valence-corrected chi connectivity index (χ1v) is 6.44. The van der Waals surface area contributed by atoms with E-state index in [1.807, 2.05) is 0 Å². The molecule has 7 heteroatoms. The van der Waals surface area contributed by atoms with Crippen molar-refractivity contribution in [2.75, 3.05) is 12.4 Å². The third-order valence-electron chi connectivity index (χ3n) is 2.46. The number of rotatable bonds is 4. The quantitative estimate of drug-likeness (QED) is 0.942. The maximum absolute atomic E-state index is 11.9. The van der Waals surface area contributed by atoms with Gasteiger partial charge in [-0.05, 0) is 18.2 Å². The van der Waals surface area contributed by atoms with Crippen LogP contribution in [-0.4, -0.2) is 23.0 Å². The molecular weight excluding hydrogens is 301 g/mol. The zero-order chi connectivity index (χ0) is 14.5. The number of methoxy groups -OCH3 is 1. The Morgan fingerprint density at radius 2 is 2.00 bits per heavy atom. The molecule has 1 aromatic heterocycles. The molecule has 1 N–H and O–H groups in total. The maximum Gasteiger partial charge on any atom is 0.231 e. The summed E-state index contributed by atoms with van der Waals surface area (Å²) in [5, 5.41) is 3.38. The first-order valence-electron chi connectivity index (χ1n) is 5.69. The highest BCUT2D eigenvalue weighted by atomic mass is 35.5. The molecule has 0 spiro atoms. The number of anilines is 1. The summed E-state index contributed by atoms with van der Waals surface area (Å²) in [6, 6.07) is 4.86. The average molecular weight is 312 g/mol. The van der Waals surface area contributed by atoms with E-state index in [0.29, 0.717) is 21.4 Å². The molecule has 0 unspecified atom stereocenters. The summed E-state index contributed by atoms with van der Waals surface area (Å²) in [5.41, 5.74) is 0.596. The molecule has 0 radical (unpaired) electrons. The summed E-state index contributed by atoms with van der Waals surface area (Å²) in [4.78, 5) is 19.8. The van der Waals surface area contributed by atoms with E-state index >= 15 is 0 Å². The average Bonchev–Trinajstić information content (AvgIpc) is 2.39. The van der Waals surface area contributed by atoms with E-state index in [1.54, 1.807) is 30.6 Å². The van der Waals surface area contributed by atoms with Crippen LogP contribution in [0.4, 0.5) is 5.95 Å². The summed E-state index contributed by atoms with van der Waals surface area (Å²) in [6.45, 7) is 0. The largest absolute Gasteiger partial charge is 0.495 e. The maximum atomic E-state index is 11.9. The lowest BCUT2D eigenvalue weighted by Crippen LogP contribution is -2.16. The molecule has 0 aliphatic rings. The lowest BCUT2D eigenvalue weighted by molar-refractivity contribution is -0.115. The van der Waals surface area contributed by atoms with Gasteiger partial charge in [0.1, 0.15) is 5.75 Å². The number of halogens is 2. The van der Waals surface area contributed by atoms with Crippen LogP contribution in [0.2, 0.25) is 10.0 Å². The first-order chi connectivity index (χ1) is 9.60. The van der Waals surface area contributed by atoms with E-state index in [4.69, 9.17) is 27.9 Å². The van der Waals surface area contributed by atoms with Crippen LogP contribution in [0.25, 0.3) is 0 Å². The van der Waals surface area contributed by atoms with Crippen molar-refractivity contribution in [3.8, 4) is 5.75 Å². The van der Waals surface area contributed by atoms with Crippen LogP contribution in [-0.2, 0) is 11.2 Å². The predicted octanol–water partition coefficient (Wildman–Crippen LogP) is 2.97. The van der Waals surface area contributed by atoms with Gasteiger partial charge in [-0.25, -0.2) is 9.97 Å². The number of nitrogens with zero attached hydrogens (tertiary/aromatic N) is 2. The van der Waals surface area contributed by atoms with Crippen molar-refractivity contribution in [3.63, 3.8) is 0 Å². The molecule has 0 aliphatic heterocycles. The molecular formula is C13H11Cl2N3O2. The van der Waals surface area contributed by atoms with Gasteiger partial charge in [-0.15, -0.1) is 0 Å². The molecule has 0 saturated heterocycles. The van der Waals surface area contributed by atoms with Crippen molar-refractivity contribution >= 4 is 35.1 Å². The summed E-state index contributed by atoms with van der Waals surface area (Å²) >= 11 is 11.9. The number of amides is 1. The molecule has 0 atom stereocenters. The van der Waals surface area contributed by atoms with Crippen LogP contribution in [0.15, 0.2) is 30.6 Å². The van der Waals surface area contributed by atoms with Gasteiger partial charge in [0, 0.05) is 23.0 Å². The minimum atomic E-state index is -0.284. The topological polar surface area (TPSA) is 64.1 Å². The van der Waals surface area contributed by atoms with Crippen LogP contribution in [0.1, 0.15) is 5.56 Å². The van der Waals surface area contributed by atoms with Crippen molar-refractivity contribution < 1.29 is 9.53 Å². The highest BCUT2D eigenvalue weighted by Gasteiger charge is 2.14. The van der Waals surface area contributed by atoms with E-state index in [2.05, 4.69) is 15.3 Å². The lowest BCUT2D eigenvalue weighted by Gasteiger charge is -2.10. The van der Waals surface area contributed by atoms with Gasteiger partial charge in [0.15, 0.2) is 0 Å². The molecule has 1 amide bonds. The molecule has 2 rings (SSSR count). The van der Waals surface area contributed by atoms with Crippen LogP contribution in [0.5, 0.6) is 5.75 Å². The van der Waals surface area contributed by atoms with E-state index in [0.717, 1.165) is 0 Å². The molecule has 0 aliphatic carbocycles. The minimum absolute atomic E-state index is 0.0572. The first kappa shape index (κ1) is 14.6. The monoisotopic (exact) mass is 311 g/mol. The third-order valence-corrected chi connectivity index (χ3v) is 2.96. The van der Waals surface area contributed by atoms with Gasteiger partial charge >= 0.3 is 0 Å². The second-order valence-electron chi connectivity index (χ2n) is 3.88. The lowest BCUT2D eigenvalue weighted by atomic mass is 10.1. The molecule has 0 fully saturated rings. The fraction of sp³-hybridized carbons (Fsp3) is 0.154. The second kappa shape index (κ2) is 6.54.